The number of rotatable bonds is 9. The Hall–Kier alpha value is -4.33. The van der Waals surface area contributed by atoms with Crippen LogP contribution in [0.5, 0.6) is 11.5 Å². The summed E-state index contributed by atoms with van der Waals surface area (Å²) in [6, 6.07) is 21.5. The number of hydrogen-bond donors (Lipinski definition) is 2. The van der Waals surface area contributed by atoms with Gasteiger partial charge < -0.3 is 25.0 Å². The SMILES string of the molecule is CCOc1ccc(N2CC(C(=O)Nc3ccccc3C(=O)NCc3ccc(OC)cc3)CC2=O)cc1. The molecular weight excluding hydrogens is 458 g/mol. The van der Waals surface area contributed by atoms with Crippen LogP contribution in [-0.4, -0.2) is 38.0 Å². The van der Waals surface area contributed by atoms with E-state index in [2.05, 4.69) is 10.6 Å². The molecule has 8 heteroatoms. The minimum atomic E-state index is -0.528. The highest BCUT2D eigenvalue weighted by atomic mass is 16.5. The Kier molecular flexibility index (Phi) is 7.85. The third-order valence-electron chi connectivity index (χ3n) is 6.00. The average Bonchev–Trinajstić information content (AvgIpc) is 3.30. The van der Waals surface area contributed by atoms with Gasteiger partial charge in [-0.05, 0) is 61.0 Å². The minimum absolute atomic E-state index is 0.102. The zero-order valence-corrected chi connectivity index (χ0v) is 20.3. The molecule has 1 saturated heterocycles. The van der Waals surface area contributed by atoms with Gasteiger partial charge in [-0.3, -0.25) is 14.4 Å². The van der Waals surface area contributed by atoms with Gasteiger partial charge in [0.25, 0.3) is 5.91 Å². The first-order chi connectivity index (χ1) is 17.5. The molecule has 3 aromatic rings. The van der Waals surface area contributed by atoms with Crippen molar-refractivity contribution in [3.63, 3.8) is 0 Å². The average molecular weight is 488 g/mol. The van der Waals surface area contributed by atoms with Crippen molar-refractivity contribution in [1.29, 1.82) is 0 Å². The molecule has 0 aromatic heterocycles. The first kappa shape index (κ1) is 24.8. The Balaban J connectivity index is 1.38. The lowest BCUT2D eigenvalue weighted by atomic mass is 10.1. The zero-order valence-electron chi connectivity index (χ0n) is 20.3. The van der Waals surface area contributed by atoms with Crippen LogP contribution in [0.1, 0.15) is 29.3 Å². The van der Waals surface area contributed by atoms with Gasteiger partial charge >= 0.3 is 0 Å². The molecule has 1 atom stereocenters. The number of carbonyl (C=O) groups excluding carboxylic acids is 3. The molecule has 36 heavy (non-hydrogen) atoms. The molecule has 1 aliphatic heterocycles. The second-order valence-corrected chi connectivity index (χ2v) is 8.40. The molecule has 1 fully saturated rings. The molecule has 2 N–H and O–H groups in total. The fraction of sp³-hybridized carbons (Fsp3) is 0.250. The van der Waals surface area contributed by atoms with E-state index in [9.17, 15) is 14.4 Å². The first-order valence-electron chi connectivity index (χ1n) is 11.8. The molecule has 1 heterocycles. The number of benzene rings is 3. The second-order valence-electron chi connectivity index (χ2n) is 8.40. The molecule has 3 aromatic carbocycles. The fourth-order valence-electron chi connectivity index (χ4n) is 4.07. The molecule has 0 aliphatic carbocycles. The van der Waals surface area contributed by atoms with E-state index in [1.165, 1.54) is 0 Å². The summed E-state index contributed by atoms with van der Waals surface area (Å²) in [5.74, 6) is 0.213. The summed E-state index contributed by atoms with van der Waals surface area (Å²) in [6.07, 6.45) is 0.102. The molecule has 3 amide bonds. The number of nitrogens with zero attached hydrogens (tertiary/aromatic N) is 1. The Morgan fingerprint density at radius 1 is 0.972 bits per heavy atom. The summed E-state index contributed by atoms with van der Waals surface area (Å²) in [6.45, 7) is 3.07. The quantitative estimate of drug-likeness (QED) is 0.475. The summed E-state index contributed by atoms with van der Waals surface area (Å²) in [5, 5.41) is 5.73. The van der Waals surface area contributed by atoms with E-state index in [1.54, 1.807) is 48.4 Å². The predicted octanol–water partition coefficient (Wildman–Crippen LogP) is 4.02. The molecule has 1 unspecified atom stereocenters. The van der Waals surface area contributed by atoms with Crippen LogP contribution in [0, 0.1) is 5.92 Å². The van der Waals surface area contributed by atoms with Crippen molar-refractivity contribution in [2.24, 2.45) is 5.92 Å². The van der Waals surface area contributed by atoms with Gasteiger partial charge in [0, 0.05) is 25.2 Å². The van der Waals surface area contributed by atoms with Crippen molar-refractivity contribution in [1.82, 2.24) is 5.32 Å². The molecule has 0 spiro atoms. The van der Waals surface area contributed by atoms with Gasteiger partial charge in [-0.15, -0.1) is 0 Å². The summed E-state index contributed by atoms with van der Waals surface area (Å²) in [5.41, 5.74) is 2.40. The third kappa shape index (κ3) is 5.83. The van der Waals surface area contributed by atoms with E-state index in [4.69, 9.17) is 9.47 Å². The van der Waals surface area contributed by atoms with Gasteiger partial charge in [-0.2, -0.15) is 0 Å². The Bertz CT molecular complexity index is 1220. The van der Waals surface area contributed by atoms with Crippen molar-refractivity contribution in [2.75, 3.05) is 30.5 Å². The van der Waals surface area contributed by atoms with Gasteiger partial charge in [-0.25, -0.2) is 0 Å². The zero-order chi connectivity index (χ0) is 25.5. The van der Waals surface area contributed by atoms with Gasteiger partial charge in [0.2, 0.25) is 11.8 Å². The van der Waals surface area contributed by atoms with Crippen LogP contribution in [0.15, 0.2) is 72.8 Å². The van der Waals surface area contributed by atoms with Crippen LogP contribution in [0.3, 0.4) is 0 Å². The van der Waals surface area contributed by atoms with Crippen LogP contribution in [0.4, 0.5) is 11.4 Å². The second kappa shape index (κ2) is 11.4. The van der Waals surface area contributed by atoms with Crippen LogP contribution >= 0.6 is 0 Å². The van der Waals surface area contributed by atoms with E-state index >= 15 is 0 Å². The summed E-state index contributed by atoms with van der Waals surface area (Å²) in [4.78, 5) is 40.1. The minimum Gasteiger partial charge on any atom is -0.497 e. The standard InChI is InChI=1S/C28H29N3O5/c1-3-36-23-14-10-21(11-15-23)31-18-20(16-26(31)32)27(33)30-25-7-5-4-6-24(25)28(34)29-17-19-8-12-22(35-2)13-9-19/h4-15,20H,3,16-18H2,1-2H3,(H,29,34)(H,30,33). The third-order valence-corrected chi connectivity index (χ3v) is 6.00. The van der Waals surface area contributed by atoms with Gasteiger partial charge in [0.1, 0.15) is 11.5 Å². The molecule has 0 radical (unpaired) electrons. The molecular formula is C28H29N3O5. The van der Waals surface area contributed by atoms with E-state index in [0.717, 1.165) is 22.7 Å². The molecule has 0 saturated carbocycles. The topological polar surface area (TPSA) is 97.0 Å². The highest BCUT2D eigenvalue weighted by Crippen LogP contribution is 2.28. The number of carbonyl (C=O) groups is 3. The van der Waals surface area contributed by atoms with E-state index in [0.29, 0.717) is 24.4 Å². The van der Waals surface area contributed by atoms with Crippen LogP contribution in [0.2, 0.25) is 0 Å². The van der Waals surface area contributed by atoms with Crippen molar-refractivity contribution in [2.45, 2.75) is 19.9 Å². The summed E-state index contributed by atoms with van der Waals surface area (Å²) < 4.78 is 10.6. The van der Waals surface area contributed by atoms with Crippen LogP contribution < -0.4 is 25.0 Å². The smallest absolute Gasteiger partial charge is 0.253 e. The Morgan fingerprint density at radius 2 is 1.67 bits per heavy atom. The molecule has 8 nitrogen and oxygen atoms in total. The number of methoxy groups -OCH3 is 1. The number of para-hydroxylation sites is 1. The van der Waals surface area contributed by atoms with Crippen LogP contribution in [-0.2, 0) is 16.1 Å². The maximum absolute atomic E-state index is 13.0. The number of anilines is 2. The van der Waals surface area contributed by atoms with Crippen molar-refractivity contribution < 1.29 is 23.9 Å². The maximum atomic E-state index is 13.0. The molecule has 186 valence electrons. The first-order valence-corrected chi connectivity index (χ1v) is 11.8. The highest BCUT2D eigenvalue weighted by molar-refractivity contribution is 6.07. The monoisotopic (exact) mass is 487 g/mol. The summed E-state index contributed by atoms with van der Waals surface area (Å²) in [7, 11) is 1.60. The Labute approximate surface area is 210 Å². The number of amides is 3. The number of nitrogens with one attached hydrogen (secondary N) is 2. The predicted molar refractivity (Wildman–Crippen MR) is 137 cm³/mol. The molecule has 1 aliphatic rings. The molecule has 4 rings (SSSR count). The van der Waals surface area contributed by atoms with Crippen LogP contribution in [0.25, 0.3) is 0 Å². The largest absolute Gasteiger partial charge is 0.497 e. The van der Waals surface area contributed by atoms with Gasteiger partial charge in [-0.1, -0.05) is 24.3 Å². The van der Waals surface area contributed by atoms with Crippen molar-refractivity contribution in [3.05, 3.63) is 83.9 Å². The van der Waals surface area contributed by atoms with Gasteiger partial charge in [0.05, 0.1) is 30.9 Å². The molecule has 0 bridgehead atoms. The lowest BCUT2D eigenvalue weighted by molar-refractivity contribution is -0.122. The van der Waals surface area contributed by atoms with Gasteiger partial charge in [0.15, 0.2) is 0 Å². The maximum Gasteiger partial charge on any atom is 0.253 e. The van der Waals surface area contributed by atoms with E-state index in [1.807, 2.05) is 43.3 Å². The number of hydrogen-bond acceptors (Lipinski definition) is 5. The van der Waals surface area contributed by atoms with E-state index < -0.39 is 5.92 Å². The normalized spacial score (nSPS) is 14.9. The number of ether oxygens (including phenoxy) is 2. The highest BCUT2D eigenvalue weighted by Gasteiger charge is 2.35. The fourth-order valence-corrected chi connectivity index (χ4v) is 4.07. The van der Waals surface area contributed by atoms with E-state index in [-0.39, 0.29) is 30.7 Å². The Morgan fingerprint density at radius 3 is 2.36 bits per heavy atom. The lowest BCUT2D eigenvalue weighted by Gasteiger charge is -2.17. The summed E-state index contributed by atoms with van der Waals surface area (Å²) >= 11 is 0. The van der Waals surface area contributed by atoms with Crippen molar-refractivity contribution >= 4 is 29.1 Å². The lowest BCUT2D eigenvalue weighted by Crippen LogP contribution is -2.29. The van der Waals surface area contributed by atoms with Crippen molar-refractivity contribution in [3.8, 4) is 11.5 Å².